The number of hydrogen-bond acceptors (Lipinski definition) is 3. The minimum Gasteiger partial charge on any atom is -0.380 e. The Labute approximate surface area is 134 Å². The van der Waals surface area contributed by atoms with Crippen molar-refractivity contribution in [3.63, 3.8) is 0 Å². The average Bonchev–Trinajstić information content (AvgIpc) is 2.96. The molecule has 1 aliphatic heterocycles. The van der Waals surface area contributed by atoms with Crippen molar-refractivity contribution in [2.45, 2.75) is 64.3 Å². The van der Waals surface area contributed by atoms with E-state index in [9.17, 15) is 5.11 Å². The van der Waals surface area contributed by atoms with Crippen molar-refractivity contribution in [3.8, 4) is 11.8 Å². The summed E-state index contributed by atoms with van der Waals surface area (Å²) in [7, 11) is 0. The number of hydrogen-bond donors (Lipinski definition) is 1. The molecule has 0 unspecified atom stereocenters. The third-order valence-corrected chi connectivity index (χ3v) is 4.38. The molecule has 0 aromatic carbocycles. The Hall–Kier alpha value is -1.08. The van der Waals surface area contributed by atoms with Crippen molar-refractivity contribution in [2.75, 3.05) is 13.2 Å². The Balaban J connectivity index is 1.67. The second-order valence-corrected chi connectivity index (χ2v) is 6.28. The van der Waals surface area contributed by atoms with Gasteiger partial charge < -0.3 is 14.6 Å². The molecular formula is C19H28O3. The van der Waals surface area contributed by atoms with Crippen LogP contribution < -0.4 is 0 Å². The van der Waals surface area contributed by atoms with Gasteiger partial charge in [0, 0.05) is 6.42 Å². The first kappa shape index (κ1) is 17.3. The maximum Gasteiger partial charge on any atom is 0.157 e. The first-order chi connectivity index (χ1) is 10.6. The molecule has 0 radical (unpaired) electrons. The lowest BCUT2D eigenvalue weighted by Crippen LogP contribution is -2.12. The highest BCUT2D eigenvalue weighted by Gasteiger charge is 2.18. The van der Waals surface area contributed by atoms with Crippen molar-refractivity contribution >= 4 is 0 Å². The van der Waals surface area contributed by atoms with Gasteiger partial charge in [-0.1, -0.05) is 29.7 Å². The molecule has 3 nitrogen and oxygen atoms in total. The molecule has 2 aliphatic rings. The summed E-state index contributed by atoms with van der Waals surface area (Å²) in [5, 5.41) is 10.1. The zero-order chi connectivity index (χ0) is 15.8. The minimum atomic E-state index is -0.549. The highest BCUT2D eigenvalue weighted by atomic mass is 16.7. The summed E-state index contributed by atoms with van der Waals surface area (Å²) >= 11 is 0. The number of allylic oxidation sites excluding steroid dienone is 3. The zero-order valence-electron chi connectivity index (χ0n) is 13.6. The van der Waals surface area contributed by atoms with Gasteiger partial charge in [0.15, 0.2) is 6.29 Å². The predicted molar refractivity (Wildman–Crippen MR) is 88.2 cm³/mol. The first-order valence-electron chi connectivity index (χ1n) is 8.38. The number of aliphatic hydroxyl groups excluding tert-OH is 1. The van der Waals surface area contributed by atoms with Gasteiger partial charge in [0.25, 0.3) is 0 Å². The molecule has 3 heteroatoms. The van der Waals surface area contributed by atoms with E-state index in [1.54, 1.807) is 0 Å². The quantitative estimate of drug-likeness (QED) is 0.479. The van der Waals surface area contributed by atoms with Gasteiger partial charge in [-0.2, -0.15) is 0 Å². The van der Waals surface area contributed by atoms with Crippen LogP contribution in [0.3, 0.4) is 0 Å². The second-order valence-electron chi connectivity index (χ2n) is 6.28. The summed E-state index contributed by atoms with van der Waals surface area (Å²) in [5.41, 5.74) is 2.69. The highest BCUT2D eigenvalue weighted by molar-refractivity contribution is 5.15. The molecule has 1 heterocycles. The Morgan fingerprint density at radius 3 is 2.91 bits per heavy atom. The van der Waals surface area contributed by atoms with Gasteiger partial charge in [0.05, 0.1) is 13.2 Å². The average molecular weight is 304 g/mol. The van der Waals surface area contributed by atoms with Crippen molar-refractivity contribution in [1.29, 1.82) is 0 Å². The van der Waals surface area contributed by atoms with Crippen LogP contribution in [0.25, 0.3) is 0 Å². The third-order valence-electron chi connectivity index (χ3n) is 4.38. The lowest BCUT2D eigenvalue weighted by Gasteiger charge is -2.17. The standard InChI is InChI=1S/C19H28O3/c1-15-8-10-16(2)17(11-9-15)14-18(20)6-4-3-5-7-19-21-12-13-22-19/h9,17-20H,2-3,5,7-8,10-14H2,1H3/t17-,18-/m1/s1. The summed E-state index contributed by atoms with van der Waals surface area (Å²) in [6.07, 6.45) is 8.12. The van der Waals surface area contributed by atoms with Gasteiger partial charge in [-0.05, 0) is 51.4 Å². The van der Waals surface area contributed by atoms with Crippen LogP contribution in [0.15, 0.2) is 23.8 Å². The Morgan fingerprint density at radius 1 is 1.36 bits per heavy atom. The van der Waals surface area contributed by atoms with Gasteiger partial charge >= 0.3 is 0 Å². The van der Waals surface area contributed by atoms with Crippen molar-refractivity contribution in [1.82, 2.24) is 0 Å². The third kappa shape index (κ3) is 5.96. The van der Waals surface area contributed by atoms with Gasteiger partial charge in [0.2, 0.25) is 0 Å². The number of rotatable bonds is 5. The van der Waals surface area contributed by atoms with Crippen molar-refractivity contribution in [2.24, 2.45) is 5.92 Å². The molecule has 1 fully saturated rings. The van der Waals surface area contributed by atoms with Gasteiger partial charge in [0.1, 0.15) is 6.10 Å². The van der Waals surface area contributed by atoms with E-state index in [0.717, 1.165) is 38.5 Å². The molecule has 22 heavy (non-hydrogen) atoms. The lowest BCUT2D eigenvalue weighted by atomic mass is 9.90. The van der Waals surface area contributed by atoms with E-state index in [2.05, 4.69) is 31.4 Å². The van der Waals surface area contributed by atoms with Crippen LogP contribution in [0.5, 0.6) is 0 Å². The molecule has 122 valence electrons. The van der Waals surface area contributed by atoms with Crippen LogP contribution in [-0.2, 0) is 9.47 Å². The van der Waals surface area contributed by atoms with E-state index < -0.39 is 6.10 Å². The monoisotopic (exact) mass is 304 g/mol. The molecule has 0 bridgehead atoms. The topological polar surface area (TPSA) is 38.7 Å². The summed E-state index contributed by atoms with van der Waals surface area (Å²) in [6, 6.07) is 0. The maximum atomic E-state index is 10.1. The fraction of sp³-hybridized carbons (Fsp3) is 0.684. The van der Waals surface area contributed by atoms with Gasteiger partial charge in [-0.3, -0.25) is 0 Å². The van der Waals surface area contributed by atoms with Crippen LogP contribution in [0, 0.1) is 17.8 Å². The van der Waals surface area contributed by atoms with Crippen LogP contribution in [0.4, 0.5) is 0 Å². The molecule has 1 aliphatic carbocycles. The number of unbranched alkanes of at least 4 members (excludes halogenated alkanes) is 1. The summed E-state index contributed by atoms with van der Waals surface area (Å²) < 4.78 is 10.8. The molecule has 0 aromatic rings. The van der Waals surface area contributed by atoms with Crippen LogP contribution in [-0.4, -0.2) is 30.7 Å². The Bertz CT molecular complexity index is 449. The van der Waals surface area contributed by atoms with Crippen molar-refractivity contribution < 1.29 is 14.6 Å². The SMILES string of the molecule is C=C1CCC(C)=CC[C@@H]1C[C@H](O)C#CCCCC1OCCO1. The minimum absolute atomic E-state index is 0.0453. The summed E-state index contributed by atoms with van der Waals surface area (Å²) in [5.74, 6) is 6.41. The Morgan fingerprint density at radius 2 is 2.14 bits per heavy atom. The Kier molecular flexibility index (Phi) is 7.18. The molecular weight excluding hydrogens is 276 g/mol. The lowest BCUT2D eigenvalue weighted by molar-refractivity contribution is -0.0474. The molecule has 1 saturated heterocycles. The van der Waals surface area contributed by atoms with Crippen LogP contribution >= 0.6 is 0 Å². The molecule has 2 rings (SSSR count). The molecule has 2 atom stereocenters. The molecule has 0 spiro atoms. The summed E-state index contributed by atoms with van der Waals surface area (Å²) in [6.45, 7) is 7.75. The largest absolute Gasteiger partial charge is 0.380 e. The van der Waals surface area contributed by atoms with Crippen molar-refractivity contribution in [3.05, 3.63) is 23.8 Å². The van der Waals surface area contributed by atoms with E-state index in [1.165, 1.54) is 11.1 Å². The van der Waals surface area contributed by atoms with E-state index in [0.29, 0.717) is 25.6 Å². The fourth-order valence-corrected chi connectivity index (χ4v) is 2.89. The number of ether oxygens (including phenoxy) is 2. The zero-order valence-corrected chi connectivity index (χ0v) is 13.6. The molecule has 0 aromatic heterocycles. The normalized spacial score (nSPS) is 24.4. The van der Waals surface area contributed by atoms with Crippen LogP contribution in [0.2, 0.25) is 0 Å². The van der Waals surface area contributed by atoms with E-state index in [4.69, 9.17) is 9.47 Å². The fourth-order valence-electron chi connectivity index (χ4n) is 2.89. The first-order valence-corrected chi connectivity index (χ1v) is 8.38. The van der Waals surface area contributed by atoms with Gasteiger partial charge in [-0.15, -0.1) is 5.92 Å². The summed E-state index contributed by atoms with van der Waals surface area (Å²) in [4.78, 5) is 0. The number of aliphatic hydroxyl groups is 1. The van der Waals surface area contributed by atoms with E-state index >= 15 is 0 Å². The van der Waals surface area contributed by atoms with Gasteiger partial charge in [-0.25, -0.2) is 0 Å². The van der Waals surface area contributed by atoms with E-state index in [-0.39, 0.29) is 6.29 Å². The maximum absolute atomic E-state index is 10.1. The smallest absolute Gasteiger partial charge is 0.157 e. The second kappa shape index (κ2) is 9.15. The van der Waals surface area contributed by atoms with E-state index in [1.807, 2.05) is 0 Å². The molecule has 0 amide bonds. The molecule has 1 N–H and O–H groups in total. The predicted octanol–water partition coefficient (Wildman–Crippen LogP) is 3.59. The van der Waals surface area contributed by atoms with Crippen LogP contribution in [0.1, 0.15) is 51.9 Å². The highest BCUT2D eigenvalue weighted by Crippen LogP contribution is 2.29. The molecule has 0 saturated carbocycles.